The highest BCUT2D eigenvalue weighted by Gasteiger charge is 2.14. The first kappa shape index (κ1) is 8.62. The number of hydrogen-bond donors (Lipinski definition) is 2. The Morgan fingerprint density at radius 1 is 1.36 bits per heavy atom. The van der Waals surface area contributed by atoms with Crippen molar-refractivity contribution in [1.29, 1.82) is 0 Å². The zero-order valence-electron chi connectivity index (χ0n) is 6.70. The molecule has 1 N–H and O–H groups in total. The van der Waals surface area contributed by atoms with Crippen LogP contribution in [0, 0.1) is 0 Å². The van der Waals surface area contributed by atoms with Crippen molar-refractivity contribution in [3.05, 3.63) is 29.8 Å². The van der Waals surface area contributed by atoms with Gasteiger partial charge in [0.25, 0.3) is 0 Å². The quantitative estimate of drug-likeness (QED) is 0.616. The van der Waals surface area contributed by atoms with Gasteiger partial charge in [-0.2, -0.15) is 0 Å². The molecule has 0 aliphatic heterocycles. The number of hydrogen-bond acceptors (Lipinski definition) is 2. The van der Waals surface area contributed by atoms with E-state index in [4.69, 9.17) is 0 Å². The Morgan fingerprint density at radius 2 is 2.00 bits per heavy atom. The van der Waals surface area contributed by atoms with Crippen molar-refractivity contribution in [3.8, 4) is 0 Å². The molecule has 1 rings (SSSR count). The maximum atomic E-state index is 9.58. The van der Waals surface area contributed by atoms with Crippen LogP contribution in [0.2, 0.25) is 0 Å². The van der Waals surface area contributed by atoms with Gasteiger partial charge in [-0.1, -0.05) is 12.1 Å². The highest BCUT2D eigenvalue weighted by Crippen LogP contribution is 2.21. The van der Waals surface area contributed by atoms with Crippen LogP contribution >= 0.6 is 12.6 Å². The molecule has 0 amide bonds. The standard InChI is InChI=1S/C9H12OS/c1-9(2,10)7-4-3-5-8(11)6-7/h3-6,10-11H,1-2H3. The summed E-state index contributed by atoms with van der Waals surface area (Å²) in [5.74, 6) is 0. The predicted molar refractivity (Wildman–Crippen MR) is 48.9 cm³/mol. The van der Waals surface area contributed by atoms with Gasteiger partial charge >= 0.3 is 0 Å². The van der Waals surface area contributed by atoms with Crippen LogP contribution in [0.4, 0.5) is 0 Å². The molecule has 0 spiro atoms. The highest BCUT2D eigenvalue weighted by molar-refractivity contribution is 7.80. The number of aliphatic hydroxyl groups is 1. The van der Waals surface area contributed by atoms with E-state index in [1.807, 2.05) is 24.3 Å². The minimum Gasteiger partial charge on any atom is -0.386 e. The maximum absolute atomic E-state index is 9.58. The Kier molecular flexibility index (Phi) is 2.25. The molecule has 1 aromatic carbocycles. The fraction of sp³-hybridized carbons (Fsp3) is 0.333. The lowest BCUT2D eigenvalue weighted by atomic mass is 9.99. The molecule has 11 heavy (non-hydrogen) atoms. The summed E-state index contributed by atoms with van der Waals surface area (Å²) >= 11 is 4.17. The van der Waals surface area contributed by atoms with E-state index in [0.29, 0.717) is 0 Å². The molecule has 2 heteroatoms. The van der Waals surface area contributed by atoms with E-state index < -0.39 is 5.60 Å². The average Bonchev–Trinajstić information content (AvgIpc) is 1.86. The molecule has 60 valence electrons. The second-order valence-corrected chi connectivity index (χ2v) is 3.63. The number of rotatable bonds is 1. The van der Waals surface area contributed by atoms with Gasteiger partial charge in [0.15, 0.2) is 0 Å². The smallest absolute Gasteiger partial charge is 0.0840 e. The van der Waals surface area contributed by atoms with Crippen LogP contribution in [0.5, 0.6) is 0 Å². The van der Waals surface area contributed by atoms with E-state index in [2.05, 4.69) is 12.6 Å². The van der Waals surface area contributed by atoms with E-state index in [-0.39, 0.29) is 0 Å². The second-order valence-electron chi connectivity index (χ2n) is 3.11. The predicted octanol–water partition coefficient (Wildman–Crippen LogP) is 2.20. The van der Waals surface area contributed by atoms with E-state index in [9.17, 15) is 5.11 Å². The van der Waals surface area contributed by atoms with Gasteiger partial charge in [0.1, 0.15) is 0 Å². The summed E-state index contributed by atoms with van der Waals surface area (Å²) in [7, 11) is 0. The van der Waals surface area contributed by atoms with Crippen LogP contribution in [0.3, 0.4) is 0 Å². The first-order valence-corrected chi connectivity index (χ1v) is 3.97. The van der Waals surface area contributed by atoms with Gasteiger partial charge in [0, 0.05) is 4.90 Å². The van der Waals surface area contributed by atoms with Crippen molar-refractivity contribution in [2.24, 2.45) is 0 Å². The molecule has 0 aliphatic carbocycles. The first-order chi connectivity index (χ1) is 5.00. The minimum atomic E-state index is -0.765. The summed E-state index contributed by atoms with van der Waals surface area (Å²) in [6.07, 6.45) is 0. The molecule has 1 nitrogen and oxygen atoms in total. The van der Waals surface area contributed by atoms with Gasteiger partial charge in [0.2, 0.25) is 0 Å². The molecule has 0 atom stereocenters. The van der Waals surface area contributed by atoms with Crippen LogP contribution in [-0.4, -0.2) is 5.11 Å². The van der Waals surface area contributed by atoms with Gasteiger partial charge in [-0.3, -0.25) is 0 Å². The molecule has 1 aromatic rings. The number of thiol groups is 1. The van der Waals surface area contributed by atoms with Gasteiger partial charge in [0.05, 0.1) is 5.60 Å². The largest absolute Gasteiger partial charge is 0.386 e. The normalized spacial score (nSPS) is 11.6. The highest BCUT2D eigenvalue weighted by atomic mass is 32.1. The van der Waals surface area contributed by atoms with E-state index in [1.54, 1.807) is 13.8 Å². The van der Waals surface area contributed by atoms with Crippen molar-refractivity contribution in [1.82, 2.24) is 0 Å². The molecule has 0 fully saturated rings. The van der Waals surface area contributed by atoms with Crippen molar-refractivity contribution < 1.29 is 5.11 Å². The van der Waals surface area contributed by atoms with Crippen molar-refractivity contribution in [2.45, 2.75) is 24.3 Å². The van der Waals surface area contributed by atoms with Crippen LogP contribution < -0.4 is 0 Å². The SMILES string of the molecule is CC(C)(O)c1cccc(S)c1. The van der Waals surface area contributed by atoms with E-state index >= 15 is 0 Å². The fourth-order valence-corrected chi connectivity index (χ4v) is 1.11. The lowest BCUT2D eigenvalue weighted by molar-refractivity contribution is 0.0784. The molecule has 0 saturated carbocycles. The van der Waals surface area contributed by atoms with Gasteiger partial charge in [-0.15, -0.1) is 12.6 Å². The van der Waals surface area contributed by atoms with Gasteiger partial charge in [-0.05, 0) is 31.5 Å². The van der Waals surface area contributed by atoms with Gasteiger partial charge < -0.3 is 5.11 Å². The Bertz CT molecular complexity index is 250. The van der Waals surface area contributed by atoms with E-state index in [1.165, 1.54) is 0 Å². The van der Waals surface area contributed by atoms with Crippen LogP contribution in [0.1, 0.15) is 19.4 Å². The Hall–Kier alpha value is -0.470. The lowest BCUT2D eigenvalue weighted by Gasteiger charge is -2.17. The fourth-order valence-electron chi connectivity index (χ4n) is 0.886. The van der Waals surface area contributed by atoms with E-state index in [0.717, 1.165) is 10.5 Å². The molecular weight excluding hydrogens is 156 g/mol. The molecule has 0 aliphatic rings. The minimum absolute atomic E-state index is 0.765. The van der Waals surface area contributed by atoms with Crippen molar-refractivity contribution in [2.75, 3.05) is 0 Å². The topological polar surface area (TPSA) is 20.2 Å². The summed E-state index contributed by atoms with van der Waals surface area (Å²) in [4.78, 5) is 0.879. The third-order valence-electron chi connectivity index (χ3n) is 1.55. The summed E-state index contributed by atoms with van der Waals surface area (Å²) in [5, 5.41) is 9.58. The molecule has 0 unspecified atom stereocenters. The molecule has 0 aromatic heterocycles. The Balaban J connectivity index is 3.06. The summed E-state index contributed by atoms with van der Waals surface area (Å²) in [6.45, 7) is 3.52. The summed E-state index contributed by atoms with van der Waals surface area (Å²) < 4.78 is 0. The van der Waals surface area contributed by atoms with Crippen LogP contribution in [0.15, 0.2) is 29.2 Å². The summed E-state index contributed by atoms with van der Waals surface area (Å²) in [6, 6.07) is 7.52. The van der Waals surface area contributed by atoms with Gasteiger partial charge in [-0.25, -0.2) is 0 Å². The van der Waals surface area contributed by atoms with Crippen LogP contribution in [-0.2, 0) is 5.60 Å². The zero-order chi connectivity index (χ0) is 8.48. The molecular formula is C9H12OS. The zero-order valence-corrected chi connectivity index (χ0v) is 7.60. The third-order valence-corrected chi connectivity index (χ3v) is 1.83. The Labute approximate surface area is 72.5 Å². The molecule has 0 radical (unpaired) electrons. The average molecular weight is 168 g/mol. The monoisotopic (exact) mass is 168 g/mol. The molecule has 0 saturated heterocycles. The molecule has 0 heterocycles. The lowest BCUT2D eigenvalue weighted by Crippen LogP contribution is -2.14. The first-order valence-electron chi connectivity index (χ1n) is 3.52. The summed E-state index contributed by atoms with van der Waals surface area (Å²) in [5.41, 5.74) is 0.128. The van der Waals surface area contributed by atoms with Crippen LogP contribution in [0.25, 0.3) is 0 Å². The van der Waals surface area contributed by atoms with Crippen molar-refractivity contribution >= 4 is 12.6 Å². The molecule has 0 bridgehead atoms. The number of benzene rings is 1. The van der Waals surface area contributed by atoms with Crippen molar-refractivity contribution in [3.63, 3.8) is 0 Å². The maximum Gasteiger partial charge on any atom is 0.0840 e. The third kappa shape index (κ3) is 2.24. The second kappa shape index (κ2) is 2.88. The Morgan fingerprint density at radius 3 is 2.36 bits per heavy atom.